The third kappa shape index (κ3) is 2.07. The number of hydrogen-bond acceptors (Lipinski definition) is 2. The molecule has 2 aromatic carbocycles. The Morgan fingerprint density at radius 3 is 2.64 bits per heavy atom. The Labute approximate surface area is 126 Å². The molecule has 0 spiro atoms. The molecule has 0 aliphatic heterocycles. The van der Waals surface area contributed by atoms with E-state index in [1.807, 2.05) is 41.1 Å². The summed E-state index contributed by atoms with van der Waals surface area (Å²) in [4.78, 5) is 12.0. The van der Waals surface area contributed by atoms with Gasteiger partial charge in [-0.15, -0.1) is 0 Å². The van der Waals surface area contributed by atoms with E-state index >= 15 is 0 Å². The van der Waals surface area contributed by atoms with Crippen LogP contribution in [0.25, 0.3) is 11.0 Å². The maximum Gasteiger partial charge on any atom is 0.135 e. The molecule has 0 bridgehead atoms. The predicted octanol–water partition coefficient (Wildman–Crippen LogP) is 3.54. The lowest BCUT2D eigenvalue weighted by molar-refractivity contribution is 0.561. The molecule has 108 valence electrons. The fraction of sp³-hybridized carbons (Fsp3) is 0.0588. The molecule has 2 aromatic heterocycles. The first-order chi connectivity index (χ1) is 10.8. The molecular weight excluding hydrogens is 279 g/mol. The van der Waals surface area contributed by atoms with Gasteiger partial charge in [0.05, 0.1) is 17.4 Å². The topological polar surface area (TPSA) is 46.5 Å². The summed E-state index contributed by atoms with van der Waals surface area (Å²) in [6.45, 7) is 0. The minimum atomic E-state index is -0.379. The monoisotopic (exact) mass is 292 g/mol. The molecule has 1 unspecified atom stereocenters. The second-order valence-corrected chi connectivity index (χ2v) is 5.07. The summed E-state index contributed by atoms with van der Waals surface area (Å²) in [5.74, 6) is 0.422. The van der Waals surface area contributed by atoms with Crippen LogP contribution in [0, 0.1) is 5.82 Å². The Balaban J connectivity index is 1.93. The fourth-order valence-corrected chi connectivity index (χ4v) is 2.67. The van der Waals surface area contributed by atoms with E-state index in [1.54, 1.807) is 24.7 Å². The Bertz CT molecular complexity index is 878. The van der Waals surface area contributed by atoms with E-state index in [1.165, 1.54) is 6.07 Å². The Morgan fingerprint density at radius 2 is 1.86 bits per heavy atom. The van der Waals surface area contributed by atoms with Crippen LogP contribution in [0.2, 0.25) is 0 Å². The van der Waals surface area contributed by atoms with Crippen molar-refractivity contribution in [2.45, 2.75) is 6.04 Å². The van der Waals surface area contributed by atoms with Crippen molar-refractivity contribution in [3.63, 3.8) is 0 Å². The summed E-state index contributed by atoms with van der Waals surface area (Å²) in [5, 5.41) is 0. The van der Waals surface area contributed by atoms with Gasteiger partial charge in [0.25, 0.3) is 0 Å². The van der Waals surface area contributed by atoms with Crippen molar-refractivity contribution in [3.05, 3.63) is 84.5 Å². The zero-order chi connectivity index (χ0) is 14.9. The molecule has 0 saturated heterocycles. The quantitative estimate of drug-likeness (QED) is 0.628. The van der Waals surface area contributed by atoms with E-state index in [4.69, 9.17) is 0 Å². The van der Waals surface area contributed by atoms with E-state index in [0.717, 1.165) is 11.0 Å². The minimum Gasteiger partial charge on any atom is -0.340 e. The molecule has 4 aromatic rings. The van der Waals surface area contributed by atoms with E-state index < -0.39 is 0 Å². The summed E-state index contributed by atoms with van der Waals surface area (Å²) < 4.78 is 16.1. The van der Waals surface area contributed by atoms with Crippen LogP contribution in [-0.2, 0) is 0 Å². The molecule has 0 fully saturated rings. The zero-order valence-electron chi connectivity index (χ0n) is 11.6. The largest absolute Gasteiger partial charge is 0.340 e. The number of halogens is 1. The van der Waals surface area contributed by atoms with Crippen molar-refractivity contribution in [1.29, 1.82) is 0 Å². The minimum absolute atomic E-state index is 0.262. The normalized spacial score (nSPS) is 12.6. The number of aromatic nitrogens is 4. The molecule has 0 saturated carbocycles. The average molecular weight is 292 g/mol. The number of rotatable bonds is 3. The number of H-pyrrole nitrogens is 1. The Kier molecular flexibility index (Phi) is 2.96. The van der Waals surface area contributed by atoms with Gasteiger partial charge in [-0.3, -0.25) is 0 Å². The first-order valence-electron chi connectivity index (χ1n) is 6.99. The standard InChI is InChI=1S/C17H13FN4/c18-13-6-2-1-5-12(13)16(22-10-9-19-11-22)17-20-14-7-3-4-8-15(14)21-17/h1-11,16H,(H,20,21). The van der Waals surface area contributed by atoms with Crippen LogP contribution >= 0.6 is 0 Å². The van der Waals surface area contributed by atoms with E-state index in [9.17, 15) is 4.39 Å². The number of benzene rings is 2. The van der Waals surface area contributed by atoms with Crippen molar-refractivity contribution >= 4 is 11.0 Å². The lowest BCUT2D eigenvalue weighted by Gasteiger charge is -2.17. The first kappa shape index (κ1) is 12.8. The second-order valence-electron chi connectivity index (χ2n) is 5.07. The Morgan fingerprint density at radius 1 is 1.05 bits per heavy atom. The molecule has 0 aliphatic carbocycles. The van der Waals surface area contributed by atoms with Crippen LogP contribution < -0.4 is 0 Å². The third-order valence-electron chi connectivity index (χ3n) is 3.69. The number of imidazole rings is 2. The molecular formula is C17H13FN4. The molecule has 5 heteroatoms. The zero-order valence-corrected chi connectivity index (χ0v) is 11.6. The van der Waals surface area contributed by atoms with Gasteiger partial charge in [-0.1, -0.05) is 30.3 Å². The van der Waals surface area contributed by atoms with Crippen LogP contribution in [0.4, 0.5) is 4.39 Å². The number of nitrogens with one attached hydrogen (secondary N) is 1. The predicted molar refractivity (Wildman–Crippen MR) is 82.0 cm³/mol. The van der Waals surface area contributed by atoms with Gasteiger partial charge in [-0.05, 0) is 18.2 Å². The SMILES string of the molecule is Fc1ccccc1C(c1nc2ccccc2[nH]1)n1ccnc1. The summed E-state index contributed by atoms with van der Waals surface area (Å²) in [7, 11) is 0. The highest BCUT2D eigenvalue weighted by atomic mass is 19.1. The summed E-state index contributed by atoms with van der Waals surface area (Å²) in [6.07, 6.45) is 5.16. The van der Waals surface area contributed by atoms with Crippen LogP contribution in [0.3, 0.4) is 0 Å². The van der Waals surface area contributed by atoms with E-state index in [0.29, 0.717) is 11.4 Å². The lowest BCUT2D eigenvalue weighted by Crippen LogP contribution is -2.14. The molecule has 4 rings (SSSR count). The highest BCUT2D eigenvalue weighted by Gasteiger charge is 2.22. The smallest absolute Gasteiger partial charge is 0.135 e. The highest BCUT2D eigenvalue weighted by Crippen LogP contribution is 2.28. The van der Waals surface area contributed by atoms with Crippen LogP contribution in [0.5, 0.6) is 0 Å². The van der Waals surface area contributed by atoms with Gasteiger partial charge < -0.3 is 9.55 Å². The molecule has 1 atom stereocenters. The number of hydrogen-bond donors (Lipinski definition) is 1. The van der Waals surface area contributed by atoms with Crippen molar-refractivity contribution in [3.8, 4) is 0 Å². The molecule has 0 radical (unpaired) electrons. The van der Waals surface area contributed by atoms with Crippen molar-refractivity contribution in [2.24, 2.45) is 0 Å². The van der Waals surface area contributed by atoms with Crippen LogP contribution in [0.1, 0.15) is 17.4 Å². The maximum absolute atomic E-state index is 14.3. The lowest BCUT2D eigenvalue weighted by atomic mass is 10.1. The van der Waals surface area contributed by atoms with E-state index in [-0.39, 0.29) is 11.9 Å². The average Bonchev–Trinajstić information content (AvgIpc) is 3.19. The summed E-state index contributed by atoms with van der Waals surface area (Å²) >= 11 is 0. The van der Waals surface area contributed by atoms with Gasteiger partial charge in [-0.25, -0.2) is 14.4 Å². The highest BCUT2D eigenvalue weighted by molar-refractivity contribution is 5.75. The number of fused-ring (bicyclic) bond motifs is 1. The molecule has 0 aliphatic rings. The van der Waals surface area contributed by atoms with Crippen molar-refractivity contribution in [2.75, 3.05) is 0 Å². The van der Waals surface area contributed by atoms with Gasteiger partial charge in [0.2, 0.25) is 0 Å². The number of aromatic amines is 1. The van der Waals surface area contributed by atoms with E-state index in [2.05, 4.69) is 15.0 Å². The van der Waals surface area contributed by atoms with Gasteiger partial charge in [-0.2, -0.15) is 0 Å². The van der Waals surface area contributed by atoms with Crippen LogP contribution in [-0.4, -0.2) is 19.5 Å². The first-order valence-corrected chi connectivity index (χ1v) is 6.99. The summed E-state index contributed by atoms with van der Waals surface area (Å²) in [5.41, 5.74) is 2.34. The van der Waals surface area contributed by atoms with Gasteiger partial charge in [0.15, 0.2) is 0 Å². The van der Waals surface area contributed by atoms with Gasteiger partial charge in [0, 0.05) is 18.0 Å². The fourth-order valence-electron chi connectivity index (χ4n) is 2.67. The molecule has 2 heterocycles. The van der Waals surface area contributed by atoms with Gasteiger partial charge >= 0.3 is 0 Å². The molecule has 4 nitrogen and oxygen atoms in total. The maximum atomic E-state index is 14.3. The van der Waals surface area contributed by atoms with Crippen molar-refractivity contribution in [1.82, 2.24) is 19.5 Å². The van der Waals surface area contributed by atoms with Crippen molar-refractivity contribution < 1.29 is 4.39 Å². The Hall–Kier alpha value is -2.95. The molecule has 22 heavy (non-hydrogen) atoms. The molecule has 1 N–H and O–H groups in total. The number of nitrogens with zero attached hydrogens (tertiary/aromatic N) is 3. The van der Waals surface area contributed by atoms with Crippen LogP contribution in [0.15, 0.2) is 67.3 Å². The van der Waals surface area contributed by atoms with Gasteiger partial charge in [0.1, 0.15) is 17.7 Å². The third-order valence-corrected chi connectivity index (χ3v) is 3.69. The molecule has 0 amide bonds. The second kappa shape index (κ2) is 5.11. The summed E-state index contributed by atoms with van der Waals surface area (Å²) in [6, 6.07) is 14.1. The number of para-hydroxylation sites is 2.